The molecular weight excluding hydrogens is 420 g/mol. The summed E-state index contributed by atoms with van der Waals surface area (Å²) in [6.07, 6.45) is 0.489. The topological polar surface area (TPSA) is 59.1 Å². The van der Waals surface area contributed by atoms with Crippen LogP contribution >= 0.6 is 22.7 Å². The van der Waals surface area contributed by atoms with Crippen molar-refractivity contribution in [3.63, 3.8) is 0 Å². The summed E-state index contributed by atoms with van der Waals surface area (Å²) in [6.45, 7) is 0. The van der Waals surface area contributed by atoms with Crippen LogP contribution in [0.25, 0.3) is 9.88 Å². The third-order valence-electron chi connectivity index (χ3n) is 4.33. The fraction of sp³-hybridized carbons (Fsp3) is 0.136. The van der Waals surface area contributed by atoms with Gasteiger partial charge in [-0.1, -0.05) is 60.7 Å². The first-order valence-electron chi connectivity index (χ1n) is 9.08. The first kappa shape index (κ1) is 20.0. The molecule has 0 bridgehead atoms. The molecule has 0 aliphatic carbocycles. The van der Waals surface area contributed by atoms with Crippen LogP contribution in [0.4, 0.5) is 0 Å². The zero-order valence-electron chi connectivity index (χ0n) is 15.5. The van der Waals surface area contributed by atoms with Crippen molar-refractivity contribution in [1.82, 2.24) is 9.71 Å². The quantitative estimate of drug-likeness (QED) is 0.417. The lowest BCUT2D eigenvalue weighted by atomic mass is 10.1. The van der Waals surface area contributed by atoms with Crippen molar-refractivity contribution in [2.75, 3.05) is 0 Å². The summed E-state index contributed by atoms with van der Waals surface area (Å²) in [6, 6.07) is 23.5. The molecule has 0 aliphatic heterocycles. The number of thiazole rings is 1. The molecule has 2 heterocycles. The van der Waals surface area contributed by atoms with Crippen molar-refractivity contribution in [1.29, 1.82) is 0 Å². The SMILES string of the molecule is O=S(=O)(Cc1ccccc1)NC(Cc1[c]cccc1)c1csc(-c2cccs2)n1. The summed E-state index contributed by atoms with van der Waals surface area (Å²) in [5, 5.41) is 4.85. The van der Waals surface area contributed by atoms with E-state index in [1.807, 2.05) is 77.5 Å². The van der Waals surface area contributed by atoms with Crippen LogP contribution in [0.2, 0.25) is 0 Å². The highest BCUT2D eigenvalue weighted by Gasteiger charge is 2.23. The highest BCUT2D eigenvalue weighted by Crippen LogP contribution is 2.31. The predicted octanol–water partition coefficient (Wildman–Crippen LogP) is 5.08. The van der Waals surface area contributed by atoms with E-state index in [0.29, 0.717) is 6.42 Å². The third kappa shape index (κ3) is 5.39. The summed E-state index contributed by atoms with van der Waals surface area (Å²) in [7, 11) is -3.54. The van der Waals surface area contributed by atoms with Crippen molar-refractivity contribution >= 4 is 32.7 Å². The Morgan fingerprint density at radius 2 is 1.83 bits per heavy atom. The van der Waals surface area contributed by atoms with Crippen molar-refractivity contribution in [3.05, 3.63) is 100 Å². The molecule has 4 aromatic rings. The Labute approximate surface area is 179 Å². The largest absolute Gasteiger partial charge is 0.239 e. The summed E-state index contributed by atoms with van der Waals surface area (Å²) < 4.78 is 28.6. The van der Waals surface area contributed by atoms with Gasteiger partial charge in [-0.05, 0) is 35.1 Å². The predicted molar refractivity (Wildman–Crippen MR) is 119 cm³/mol. The highest BCUT2D eigenvalue weighted by atomic mass is 32.2. The minimum atomic E-state index is -3.54. The minimum absolute atomic E-state index is 0.0647. The molecule has 2 aromatic carbocycles. The number of hydrogen-bond acceptors (Lipinski definition) is 5. The molecule has 4 rings (SSSR count). The van der Waals surface area contributed by atoms with Gasteiger partial charge >= 0.3 is 0 Å². The molecule has 4 nitrogen and oxygen atoms in total. The Balaban J connectivity index is 1.60. The molecule has 0 fully saturated rings. The van der Waals surface area contributed by atoms with Crippen LogP contribution < -0.4 is 4.72 Å². The number of rotatable bonds is 8. The zero-order chi connectivity index (χ0) is 20.1. The second kappa shape index (κ2) is 9.00. The number of nitrogens with zero attached hydrogens (tertiary/aromatic N) is 1. The Bertz CT molecular complexity index is 1140. The molecule has 29 heavy (non-hydrogen) atoms. The van der Waals surface area contributed by atoms with Crippen LogP contribution in [-0.4, -0.2) is 13.4 Å². The molecule has 1 atom stereocenters. The molecular formula is C22H19N2O2S3. The Hall–Kier alpha value is -2.32. The number of benzene rings is 2. The van der Waals surface area contributed by atoms with Crippen LogP contribution in [0.5, 0.6) is 0 Å². The fourth-order valence-corrected chi connectivity index (χ4v) is 6.04. The molecule has 2 aromatic heterocycles. The van der Waals surface area contributed by atoms with E-state index in [0.717, 1.165) is 26.7 Å². The molecule has 0 saturated carbocycles. The van der Waals surface area contributed by atoms with Crippen molar-refractivity contribution in [2.24, 2.45) is 0 Å². The number of aromatic nitrogens is 1. The van der Waals surface area contributed by atoms with Crippen LogP contribution in [0.15, 0.2) is 77.5 Å². The zero-order valence-corrected chi connectivity index (χ0v) is 17.9. The minimum Gasteiger partial charge on any atom is -0.239 e. The van der Waals surface area contributed by atoms with E-state index in [1.165, 1.54) is 11.3 Å². The average Bonchev–Trinajstić information content (AvgIpc) is 3.40. The van der Waals surface area contributed by atoms with Gasteiger partial charge in [0.15, 0.2) is 0 Å². The molecule has 147 valence electrons. The van der Waals surface area contributed by atoms with E-state index >= 15 is 0 Å². The summed E-state index contributed by atoms with van der Waals surface area (Å²) >= 11 is 3.15. The van der Waals surface area contributed by atoms with Gasteiger partial charge in [-0.3, -0.25) is 0 Å². The van der Waals surface area contributed by atoms with Gasteiger partial charge in [0, 0.05) is 5.38 Å². The Morgan fingerprint density at radius 1 is 1.00 bits per heavy atom. The maximum Gasteiger partial charge on any atom is 0.216 e. The highest BCUT2D eigenvalue weighted by molar-refractivity contribution is 7.88. The lowest BCUT2D eigenvalue weighted by Crippen LogP contribution is -2.31. The van der Waals surface area contributed by atoms with E-state index in [-0.39, 0.29) is 5.75 Å². The van der Waals surface area contributed by atoms with E-state index in [2.05, 4.69) is 10.8 Å². The molecule has 0 spiro atoms. The van der Waals surface area contributed by atoms with Gasteiger partial charge in [-0.15, -0.1) is 22.7 Å². The number of nitrogens with one attached hydrogen (secondary N) is 1. The molecule has 0 aliphatic rings. The first-order chi connectivity index (χ1) is 14.1. The van der Waals surface area contributed by atoms with E-state index < -0.39 is 16.1 Å². The molecule has 1 unspecified atom stereocenters. The fourth-order valence-electron chi connectivity index (χ4n) is 3.00. The standard InChI is InChI=1S/C22H19N2O2S3/c25-29(26,16-18-10-5-2-6-11-18)24-19(14-17-8-3-1-4-9-17)20-15-28-22(23-20)21-12-7-13-27-21/h1-8,10-13,15,19,24H,14,16H2. The Kier molecular flexibility index (Phi) is 6.20. The van der Waals surface area contributed by atoms with E-state index in [4.69, 9.17) is 4.98 Å². The smallest absolute Gasteiger partial charge is 0.216 e. The second-order valence-electron chi connectivity index (χ2n) is 6.56. The van der Waals surface area contributed by atoms with Gasteiger partial charge in [0.05, 0.1) is 22.4 Å². The van der Waals surface area contributed by atoms with E-state index in [9.17, 15) is 8.42 Å². The van der Waals surface area contributed by atoms with Gasteiger partial charge in [0.2, 0.25) is 10.0 Å². The van der Waals surface area contributed by atoms with Crippen LogP contribution in [0.1, 0.15) is 22.9 Å². The van der Waals surface area contributed by atoms with Crippen molar-refractivity contribution in [2.45, 2.75) is 18.2 Å². The lowest BCUT2D eigenvalue weighted by molar-refractivity contribution is 0.550. The Morgan fingerprint density at radius 3 is 2.55 bits per heavy atom. The number of hydrogen-bond donors (Lipinski definition) is 1. The van der Waals surface area contributed by atoms with Crippen LogP contribution in [0, 0.1) is 6.07 Å². The van der Waals surface area contributed by atoms with E-state index in [1.54, 1.807) is 11.3 Å². The van der Waals surface area contributed by atoms with Crippen molar-refractivity contribution in [3.8, 4) is 9.88 Å². The monoisotopic (exact) mass is 439 g/mol. The van der Waals surface area contributed by atoms with Gasteiger partial charge in [-0.2, -0.15) is 0 Å². The molecule has 7 heteroatoms. The summed E-state index contributed by atoms with van der Waals surface area (Å²) in [4.78, 5) is 5.81. The molecule has 0 saturated heterocycles. The summed E-state index contributed by atoms with van der Waals surface area (Å²) in [5.74, 6) is -0.0647. The third-order valence-corrected chi connectivity index (χ3v) is 7.59. The van der Waals surface area contributed by atoms with Gasteiger partial charge in [0.1, 0.15) is 5.01 Å². The van der Waals surface area contributed by atoms with Crippen LogP contribution in [-0.2, 0) is 22.2 Å². The summed E-state index contributed by atoms with van der Waals surface area (Å²) in [5.41, 5.74) is 2.42. The number of sulfonamides is 1. The van der Waals surface area contributed by atoms with Crippen LogP contribution in [0.3, 0.4) is 0 Å². The molecule has 1 N–H and O–H groups in total. The lowest BCUT2D eigenvalue weighted by Gasteiger charge is -2.17. The maximum absolute atomic E-state index is 12.9. The molecule has 1 radical (unpaired) electrons. The van der Waals surface area contributed by atoms with Gasteiger partial charge < -0.3 is 0 Å². The van der Waals surface area contributed by atoms with Crippen molar-refractivity contribution < 1.29 is 8.42 Å². The first-order valence-corrected chi connectivity index (χ1v) is 12.5. The second-order valence-corrected chi connectivity index (χ2v) is 10.1. The normalized spacial score (nSPS) is 12.7. The number of thiophene rings is 1. The molecule has 0 amide bonds. The maximum atomic E-state index is 12.9. The van der Waals surface area contributed by atoms with Gasteiger partial charge in [-0.25, -0.2) is 18.1 Å². The van der Waals surface area contributed by atoms with Gasteiger partial charge in [0.25, 0.3) is 0 Å². The average molecular weight is 440 g/mol.